The number of aromatic nitrogens is 1. The number of hydrogen-bond acceptors (Lipinski definition) is 5. The Morgan fingerprint density at radius 3 is 3.05 bits per heavy atom. The number of thiazole rings is 1. The van der Waals surface area contributed by atoms with Crippen LogP contribution in [0.1, 0.15) is 13.8 Å². The van der Waals surface area contributed by atoms with Gasteiger partial charge in [-0.2, -0.15) is 0 Å². The average molecular weight is 355 g/mol. The Bertz CT molecular complexity index is 628. The predicted molar refractivity (Wildman–Crippen MR) is 84.7 cm³/mol. The Kier molecular flexibility index (Phi) is 3.85. The van der Waals surface area contributed by atoms with E-state index in [1.807, 2.05) is 18.3 Å². The second-order valence-electron chi connectivity index (χ2n) is 5.00. The zero-order chi connectivity index (χ0) is 14.1. The van der Waals surface area contributed by atoms with Crippen molar-refractivity contribution < 1.29 is 9.47 Å². The molecule has 4 nitrogen and oxygen atoms in total. The monoisotopic (exact) mass is 354 g/mol. The minimum atomic E-state index is 0.279. The summed E-state index contributed by atoms with van der Waals surface area (Å²) in [6.45, 7) is 5.56. The van der Waals surface area contributed by atoms with Gasteiger partial charge in [0.2, 0.25) is 6.79 Å². The lowest BCUT2D eigenvalue weighted by molar-refractivity contribution is 0.173. The number of benzene rings is 1. The molecule has 1 aliphatic heterocycles. The van der Waals surface area contributed by atoms with E-state index in [1.165, 1.54) is 0 Å². The highest BCUT2D eigenvalue weighted by Crippen LogP contribution is 2.43. The van der Waals surface area contributed by atoms with E-state index in [4.69, 9.17) is 9.47 Å². The first-order chi connectivity index (χ1) is 9.63. The van der Waals surface area contributed by atoms with E-state index in [2.05, 4.69) is 40.1 Å². The minimum absolute atomic E-state index is 0.279. The van der Waals surface area contributed by atoms with Gasteiger partial charge >= 0.3 is 0 Å². The van der Waals surface area contributed by atoms with Gasteiger partial charge in [-0.3, -0.25) is 0 Å². The van der Waals surface area contributed by atoms with Crippen molar-refractivity contribution in [3.8, 4) is 21.9 Å². The van der Waals surface area contributed by atoms with Gasteiger partial charge in [-0.05, 0) is 39.5 Å². The van der Waals surface area contributed by atoms with Crippen LogP contribution in [-0.2, 0) is 0 Å². The van der Waals surface area contributed by atoms with Crippen molar-refractivity contribution in [1.29, 1.82) is 0 Å². The number of rotatable bonds is 4. The Labute approximate surface area is 130 Å². The van der Waals surface area contributed by atoms with Gasteiger partial charge in [0.15, 0.2) is 16.6 Å². The van der Waals surface area contributed by atoms with E-state index < -0.39 is 0 Å². The molecule has 0 aliphatic carbocycles. The van der Waals surface area contributed by atoms with Crippen LogP contribution in [0.3, 0.4) is 0 Å². The topological polar surface area (TPSA) is 43.4 Å². The van der Waals surface area contributed by atoms with E-state index in [-0.39, 0.29) is 6.79 Å². The molecule has 0 radical (unpaired) electrons. The fraction of sp³-hybridized carbons (Fsp3) is 0.357. The first-order valence-corrected chi connectivity index (χ1v) is 8.03. The van der Waals surface area contributed by atoms with Crippen molar-refractivity contribution in [2.45, 2.75) is 13.8 Å². The van der Waals surface area contributed by atoms with Gasteiger partial charge in [-0.15, -0.1) is 0 Å². The molecule has 0 bridgehead atoms. The molecule has 0 fully saturated rings. The maximum absolute atomic E-state index is 5.44. The van der Waals surface area contributed by atoms with Gasteiger partial charge in [-0.1, -0.05) is 25.2 Å². The highest BCUT2D eigenvalue weighted by Gasteiger charge is 2.19. The summed E-state index contributed by atoms with van der Waals surface area (Å²) in [6, 6.07) is 4.03. The van der Waals surface area contributed by atoms with E-state index in [9.17, 15) is 0 Å². The lowest BCUT2D eigenvalue weighted by Gasteiger charge is -2.04. The summed E-state index contributed by atoms with van der Waals surface area (Å²) in [6.07, 6.45) is 1.89. The standard InChI is InChI=1S/C14H15BrN2O2S/c1-8(2)5-16-14-17-6-12(20-14)9-3-10(15)13-11(4-9)18-7-19-13/h3-4,6,8H,5,7H2,1-2H3,(H,16,17). The molecule has 1 N–H and O–H groups in total. The third kappa shape index (κ3) is 2.76. The Balaban J connectivity index is 1.84. The lowest BCUT2D eigenvalue weighted by atomic mass is 10.2. The number of nitrogens with zero attached hydrogens (tertiary/aromatic N) is 1. The lowest BCUT2D eigenvalue weighted by Crippen LogP contribution is -2.07. The Morgan fingerprint density at radius 1 is 1.40 bits per heavy atom. The van der Waals surface area contributed by atoms with Crippen molar-refractivity contribution in [1.82, 2.24) is 4.98 Å². The molecular formula is C14H15BrN2O2S. The molecule has 0 saturated heterocycles. The summed E-state index contributed by atoms with van der Waals surface area (Å²) >= 11 is 5.16. The smallest absolute Gasteiger partial charge is 0.231 e. The van der Waals surface area contributed by atoms with Gasteiger partial charge < -0.3 is 14.8 Å². The molecule has 1 aromatic carbocycles. The minimum Gasteiger partial charge on any atom is -0.454 e. The van der Waals surface area contributed by atoms with E-state index in [1.54, 1.807) is 11.3 Å². The van der Waals surface area contributed by atoms with E-state index in [0.29, 0.717) is 5.92 Å². The maximum atomic E-state index is 5.44. The molecule has 3 rings (SSSR count). The largest absolute Gasteiger partial charge is 0.454 e. The number of fused-ring (bicyclic) bond motifs is 1. The number of anilines is 1. The molecule has 2 heterocycles. The summed E-state index contributed by atoms with van der Waals surface area (Å²) in [5, 5.41) is 4.29. The third-order valence-corrected chi connectivity index (χ3v) is 4.47. The highest BCUT2D eigenvalue weighted by molar-refractivity contribution is 9.10. The summed E-state index contributed by atoms with van der Waals surface area (Å²) < 4.78 is 11.7. The zero-order valence-electron chi connectivity index (χ0n) is 11.3. The highest BCUT2D eigenvalue weighted by atomic mass is 79.9. The van der Waals surface area contributed by atoms with Gasteiger partial charge in [-0.25, -0.2) is 4.98 Å². The SMILES string of the molecule is CC(C)CNc1ncc(-c2cc(Br)c3c(c2)OCO3)s1. The quantitative estimate of drug-likeness (QED) is 0.885. The van der Waals surface area contributed by atoms with Crippen LogP contribution in [0.15, 0.2) is 22.8 Å². The molecule has 106 valence electrons. The van der Waals surface area contributed by atoms with E-state index >= 15 is 0 Å². The van der Waals surface area contributed by atoms with Crippen molar-refractivity contribution in [3.05, 3.63) is 22.8 Å². The fourth-order valence-electron chi connectivity index (χ4n) is 1.89. The number of hydrogen-bond donors (Lipinski definition) is 1. The van der Waals surface area contributed by atoms with Gasteiger partial charge in [0.05, 0.1) is 9.35 Å². The molecule has 1 aromatic heterocycles. The summed E-state index contributed by atoms with van der Waals surface area (Å²) in [5.41, 5.74) is 1.08. The molecule has 1 aliphatic rings. The average Bonchev–Trinajstić information content (AvgIpc) is 3.05. The Morgan fingerprint density at radius 2 is 2.25 bits per heavy atom. The molecule has 0 amide bonds. The van der Waals surface area contributed by atoms with Crippen LogP contribution in [0.4, 0.5) is 5.13 Å². The molecule has 6 heteroatoms. The molecule has 0 saturated carbocycles. The second kappa shape index (κ2) is 5.61. The van der Waals surface area contributed by atoms with Crippen molar-refractivity contribution in [3.63, 3.8) is 0 Å². The van der Waals surface area contributed by atoms with Crippen LogP contribution in [0.25, 0.3) is 10.4 Å². The second-order valence-corrected chi connectivity index (χ2v) is 6.88. The fourth-order valence-corrected chi connectivity index (χ4v) is 3.26. The molecule has 0 unspecified atom stereocenters. The van der Waals surface area contributed by atoms with E-state index in [0.717, 1.165) is 38.1 Å². The van der Waals surface area contributed by atoms with Gasteiger partial charge in [0, 0.05) is 12.7 Å². The third-order valence-electron chi connectivity index (χ3n) is 2.88. The van der Waals surface area contributed by atoms with Crippen LogP contribution in [-0.4, -0.2) is 18.3 Å². The number of ether oxygens (including phenoxy) is 2. The molecular weight excluding hydrogens is 340 g/mol. The first-order valence-electron chi connectivity index (χ1n) is 6.42. The summed E-state index contributed by atoms with van der Waals surface area (Å²) in [5.74, 6) is 2.15. The van der Waals surface area contributed by atoms with Crippen molar-refractivity contribution in [2.24, 2.45) is 5.92 Å². The van der Waals surface area contributed by atoms with Crippen LogP contribution in [0.5, 0.6) is 11.5 Å². The number of nitrogens with one attached hydrogen (secondary N) is 1. The van der Waals surface area contributed by atoms with Crippen LogP contribution < -0.4 is 14.8 Å². The molecule has 2 aromatic rings. The van der Waals surface area contributed by atoms with Crippen LogP contribution in [0.2, 0.25) is 0 Å². The first kappa shape index (κ1) is 13.7. The molecule has 0 atom stereocenters. The van der Waals surface area contributed by atoms with Crippen LogP contribution in [0, 0.1) is 5.92 Å². The molecule has 0 spiro atoms. The van der Waals surface area contributed by atoms with Crippen molar-refractivity contribution in [2.75, 3.05) is 18.7 Å². The van der Waals surface area contributed by atoms with Crippen molar-refractivity contribution >= 4 is 32.4 Å². The molecule has 20 heavy (non-hydrogen) atoms. The Hall–Kier alpha value is -1.27. The summed E-state index contributed by atoms with van der Waals surface area (Å²) in [4.78, 5) is 5.51. The number of halogens is 1. The maximum Gasteiger partial charge on any atom is 0.231 e. The van der Waals surface area contributed by atoms with Gasteiger partial charge in [0.1, 0.15) is 0 Å². The zero-order valence-corrected chi connectivity index (χ0v) is 13.7. The normalized spacial score (nSPS) is 13.0. The van der Waals surface area contributed by atoms with Crippen LogP contribution >= 0.6 is 27.3 Å². The van der Waals surface area contributed by atoms with Gasteiger partial charge in [0.25, 0.3) is 0 Å². The summed E-state index contributed by atoms with van der Waals surface area (Å²) in [7, 11) is 0. The predicted octanol–water partition coefficient (Wildman–Crippen LogP) is 4.37.